The van der Waals surface area contributed by atoms with Gasteiger partial charge in [0.2, 0.25) is 0 Å². The van der Waals surface area contributed by atoms with Crippen LogP contribution in [-0.2, 0) is 0 Å². The second kappa shape index (κ2) is 3.31. The lowest BCUT2D eigenvalue weighted by atomic mass is 9.94. The van der Waals surface area contributed by atoms with E-state index in [1.807, 2.05) is 12.4 Å². The van der Waals surface area contributed by atoms with Gasteiger partial charge in [0.1, 0.15) is 0 Å². The molecule has 1 nitrogen and oxygen atoms in total. The Morgan fingerprint density at radius 1 is 0.750 bits per heavy atom. The Balaban J connectivity index is 2.67. The summed E-state index contributed by atoms with van der Waals surface area (Å²) in [4.78, 5) is 4.22. The lowest BCUT2D eigenvalue weighted by molar-refractivity contribution is 1.35. The van der Waals surface area contributed by atoms with Crippen LogP contribution in [0.4, 0.5) is 0 Å². The van der Waals surface area contributed by atoms with E-state index >= 15 is 0 Å². The van der Waals surface area contributed by atoms with Gasteiger partial charge in [-0.05, 0) is 47.2 Å². The van der Waals surface area contributed by atoms with E-state index in [9.17, 15) is 0 Å². The Hall–Kier alpha value is -1.89. The second-order valence-electron chi connectivity index (χ2n) is 4.22. The van der Waals surface area contributed by atoms with Crippen LogP contribution in [0.3, 0.4) is 0 Å². The number of hydrogen-bond donors (Lipinski definition) is 0. The van der Waals surface area contributed by atoms with Gasteiger partial charge in [-0.2, -0.15) is 0 Å². The maximum Gasteiger partial charge on any atom is 0.0349 e. The molecule has 3 aromatic rings. The number of nitrogens with zero attached hydrogens (tertiary/aromatic N) is 1. The fourth-order valence-corrected chi connectivity index (χ4v) is 2.45. The van der Waals surface area contributed by atoms with Crippen LogP contribution < -0.4 is 0 Å². The average molecular weight is 207 g/mol. The summed E-state index contributed by atoms with van der Waals surface area (Å²) in [7, 11) is 0. The summed E-state index contributed by atoms with van der Waals surface area (Å²) < 4.78 is 0. The minimum Gasteiger partial charge on any atom is -0.264 e. The number of benzene rings is 2. The maximum absolute atomic E-state index is 4.22. The standard InChI is InChI=1S/C15H13N/c1-10-12-5-3-4-6-13(12)11(2)15-9-16-8-7-14(10)15/h3-9H,1-2H3. The SMILES string of the molecule is Cc1c2ccccc2c(C)c2cnccc12. The molecule has 0 spiro atoms. The zero-order valence-corrected chi connectivity index (χ0v) is 9.49. The van der Waals surface area contributed by atoms with Crippen LogP contribution in [0.5, 0.6) is 0 Å². The smallest absolute Gasteiger partial charge is 0.0349 e. The Bertz CT molecular complexity index is 566. The largest absolute Gasteiger partial charge is 0.264 e. The van der Waals surface area contributed by atoms with Crippen LogP contribution >= 0.6 is 0 Å². The molecule has 16 heavy (non-hydrogen) atoms. The van der Waals surface area contributed by atoms with E-state index in [1.165, 1.54) is 32.7 Å². The number of rotatable bonds is 0. The van der Waals surface area contributed by atoms with E-state index in [4.69, 9.17) is 0 Å². The third-order valence-corrected chi connectivity index (χ3v) is 3.36. The van der Waals surface area contributed by atoms with Gasteiger partial charge in [0.15, 0.2) is 0 Å². The summed E-state index contributed by atoms with van der Waals surface area (Å²) in [6.07, 6.45) is 3.83. The Labute approximate surface area is 94.7 Å². The molecule has 0 saturated heterocycles. The van der Waals surface area contributed by atoms with E-state index in [2.05, 4.69) is 49.2 Å². The number of hydrogen-bond acceptors (Lipinski definition) is 1. The second-order valence-corrected chi connectivity index (χ2v) is 4.22. The van der Waals surface area contributed by atoms with Crippen LogP contribution in [0.15, 0.2) is 42.7 Å². The predicted molar refractivity (Wildman–Crippen MR) is 68.7 cm³/mol. The maximum atomic E-state index is 4.22. The highest BCUT2D eigenvalue weighted by Gasteiger charge is 2.07. The molecular formula is C15H13N. The zero-order valence-electron chi connectivity index (χ0n) is 9.49. The van der Waals surface area contributed by atoms with Crippen molar-refractivity contribution in [2.75, 3.05) is 0 Å². The van der Waals surface area contributed by atoms with Gasteiger partial charge in [0.25, 0.3) is 0 Å². The number of aromatic nitrogens is 1. The molecule has 0 aliphatic heterocycles. The highest BCUT2D eigenvalue weighted by atomic mass is 14.6. The molecular weight excluding hydrogens is 194 g/mol. The molecule has 0 amide bonds. The van der Waals surface area contributed by atoms with Crippen LogP contribution in [0.2, 0.25) is 0 Å². The molecule has 0 unspecified atom stereocenters. The third kappa shape index (κ3) is 1.15. The van der Waals surface area contributed by atoms with E-state index in [0.29, 0.717) is 0 Å². The predicted octanol–water partition coefficient (Wildman–Crippen LogP) is 4.00. The average Bonchev–Trinajstić information content (AvgIpc) is 2.36. The molecule has 2 aromatic carbocycles. The third-order valence-electron chi connectivity index (χ3n) is 3.36. The molecule has 78 valence electrons. The fourth-order valence-electron chi connectivity index (χ4n) is 2.45. The summed E-state index contributed by atoms with van der Waals surface area (Å²) >= 11 is 0. The minimum absolute atomic E-state index is 1.26. The Morgan fingerprint density at radius 2 is 1.31 bits per heavy atom. The van der Waals surface area contributed by atoms with Crippen molar-refractivity contribution in [1.82, 2.24) is 4.98 Å². The van der Waals surface area contributed by atoms with Crippen molar-refractivity contribution in [2.24, 2.45) is 0 Å². The molecule has 1 heteroatoms. The molecule has 0 saturated carbocycles. The van der Waals surface area contributed by atoms with Gasteiger partial charge >= 0.3 is 0 Å². The van der Waals surface area contributed by atoms with Crippen molar-refractivity contribution in [2.45, 2.75) is 13.8 Å². The van der Waals surface area contributed by atoms with Crippen molar-refractivity contribution in [1.29, 1.82) is 0 Å². The van der Waals surface area contributed by atoms with E-state index in [1.54, 1.807) is 0 Å². The molecule has 3 rings (SSSR count). The normalized spacial score (nSPS) is 11.1. The zero-order chi connectivity index (χ0) is 11.1. The van der Waals surface area contributed by atoms with E-state index < -0.39 is 0 Å². The minimum atomic E-state index is 1.26. The monoisotopic (exact) mass is 207 g/mol. The highest BCUT2D eigenvalue weighted by Crippen LogP contribution is 2.30. The first-order chi connectivity index (χ1) is 7.79. The molecule has 0 bridgehead atoms. The first-order valence-electron chi connectivity index (χ1n) is 5.50. The number of pyridine rings is 1. The fraction of sp³-hybridized carbons (Fsp3) is 0.133. The Morgan fingerprint density at radius 3 is 2.00 bits per heavy atom. The molecule has 0 fully saturated rings. The van der Waals surface area contributed by atoms with Crippen molar-refractivity contribution in [3.8, 4) is 0 Å². The van der Waals surface area contributed by atoms with Crippen LogP contribution in [0.25, 0.3) is 21.5 Å². The van der Waals surface area contributed by atoms with E-state index in [0.717, 1.165) is 0 Å². The van der Waals surface area contributed by atoms with Gasteiger partial charge in [0.05, 0.1) is 0 Å². The highest BCUT2D eigenvalue weighted by molar-refractivity contribution is 6.04. The quantitative estimate of drug-likeness (QED) is 0.508. The topological polar surface area (TPSA) is 12.9 Å². The lowest BCUT2D eigenvalue weighted by Crippen LogP contribution is -1.88. The molecule has 0 N–H and O–H groups in total. The number of aryl methyl sites for hydroxylation is 2. The molecule has 1 heterocycles. The molecule has 0 aliphatic rings. The van der Waals surface area contributed by atoms with Gasteiger partial charge in [-0.15, -0.1) is 0 Å². The van der Waals surface area contributed by atoms with Crippen molar-refractivity contribution in [3.63, 3.8) is 0 Å². The molecule has 0 radical (unpaired) electrons. The first-order valence-corrected chi connectivity index (χ1v) is 5.50. The van der Waals surface area contributed by atoms with Gasteiger partial charge in [-0.1, -0.05) is 24.3 Å². The van der Waals surface area contributed by atoms with Crippen molar-refractivity contribution >= 4 is 21.5 Å². The summed E-state index contributed by atoms with van der Waals surface area (Å²) in [5, 5.41) is 5.25. The van der Waals surface area contributed by atoms with Crippen molar-refractivity contribution < 1.29 is 0 Å². The molecule has 0 aliphatic carbocycles. The Kier molecular flexibility index (Phi) is 1.93. The summed E-state index contributed by atoms with van der Waals surface area (Å²) in [6.45, 7) is 4.36. The van der Waals surface area contributed by atoms with Crippen molar-refractivity contribution in [3.05, 3.63) is 53.9 Å². The van der Waals surface area contributed by atoms with E-state index in [-0.39, 0.29) is 0 Å². The first kappa shape index (κ1) is 9.34. The summed E-state index contributed by atoms with van der Waals surface area (Å²) in [6, 6.07) is 10.7. The van der Waals surface area contributed by atoms with Crippen LogP contribution in [0.1, 0.15) is 11.1 Å². The van der Waals surface area contributed by atoms with Gasteiger partial charge in [0, 0.05) is 17.8 Å². The van der Waals surface area contributed by atoms with Gasteiger partial charge in [-0.3, -0.25) is 4.98 Å². The van der Waals surface area contributed by atoms with Gasteiger partial charge in [-0.25, -0.2) is 0 Å². The summed E-state index contributed by atoms with van der Waals surface area (Å²) in [5.41, 5.74) is 2.67. The number of fused-ring (bicyclic) bond motifs is 2. The van der Waals surface area contributed by atoms with Crippen LogP contribution in [0, 0.1) is 13.8 Å². The molecule has 0 atom stereocenters. The summed E-state index contributed by atoms with van der Waals surface area (Å²) in [5.74, 6) is 0. The lowest BCUT2D eigenvalue weighted by Gasteiger charge is -2.10. The van der Waals surface area contributed by atoms with Crippen LogP contribution in [-0.4, -0.2) is 4.98 Å². The van der Waals surface area contributed by atoms with Gasteiger partial charge < -0.3 is 0 Å². The molecule has 1 aromatic heterocycles.